The van der Waals surface area contributed by atoms with Gasteiger partial charge in [-0.2, -0.15) is 0 Å². The number of fused-ring (bicyclic) bond motifs is 1. The number of carbonyl (C=O) groups is 1. The maximum atomic E-state index is 11.3. The molecule has 0 amide bonds. The largest absolute Gasteiger partial charge is 0.481 e. The first-order valence-electron chi connectivity index (χ1n) is 6.74. The van der Waals surface area contributed by atoms with Crippen molar-refractivity contribution in [3.05, 3.63) is 65.2 Å². The van der Waals surface area contributed by atoms with Crippen molar-refractivity contribution in [2.45, 2.75) is 24.7 Å². The normalized spacial score (nSPS) is 15.8. The maximum Gasteiger partial charge on any atom is 0.304 e. The molecule has 0 saturated heterocycles. The Morgan fingerprint density at radius 1 is 1.05 bits per heavy atom. The van der Waals surface area contributed by atoms with Gasteiger partial charge in [0.15, 0.2) is 0 Å². The lowest BCUT2D eigenvalue weighted by Crippen LogP contribution is -2.30. The molecule has 1 aliphatic rings. The zero-order valence-corrected chi connectivity index (χ0v) is 11.2. The van der Waals surface area contributed by atoms with E-state index in [0.29, 0.717) is 5.69 Å². The van der Waals surface area contributed by atoms with E-state index in [2.05, 4.69) is 12.1 Å². The number of hydrogen-bond donors (Lipinski definition) is 2. The van der Waals surface area contributed by atoms with Crippen molar-refractivity contribution in [1.82, 2.24) is 0 Å². The van der Waals surface area contributed by atoms with E-state index in [0.717, 1.165) is 18.4 Å². The summed E-state index contributed by atoms with van der Waals surface area (Å²) in [7, 11) is 0. The third-order valence-electron chi connectivity index (χ3n) is 4.19. The van der Waals surface area contributed by atoms with Crippen LogP contribution in [0, 0.1) is 0 Å². The van der Waals surface area contributed by atoms with Crippen LogP contribution in [0.1, 0.15) is 23.1 Å². The second-order valence-corrected chi connectivity index (χ2v) is 5.60. The van der Waals surface area contributed by atoms with Crippen molar-refractivity contribution in [2.24, 2.45) is 0 Å². The molecular weight excluding hydrogens is 250 g/mol. The van der Waals surface area contributed by atoms with Gasteiger partial charge in [0.05, 0.1) is 6.42 Å². The Morgan fingerprint density at radius 3 is 2.10 bits per heavy atom. The lowest BCUT2D eigenvalue weighted by atomic mass is 9.75. The molecule has 2 aromatic carbocycles. The zero-order chi connectivity index (χ0) is 14.2. The van der Waals surface area contributed by atoms with Gasteiger partial charge >= 0.3 is 5.97 Å². The smallest absolute Gasteiger partial charge is 0.304 e. The monoisotopic (exact) mass is 267 g/mol. The van der Waals surface area contributed by atoms with Crippen LogP contribution < -0.4 is 5.73 Å². The van der Waals surface area contributed by atoms with Crippen molar-refractivity contribution >= 4 is 11.7 Å². The average Bonchev–Trinajstić information content (AvgIpc) is 2.77. The number of nitrogens with two attached hydrogens (primary N) is 1. The van der Waals surface area contributed by atoms with Crippen molar-refractivity contribution in [2.75, 3.05) is 5.73 Å². The van der Waals surface area contributed by atoms with Gasteiger partial charge in [0.25, 0.3) is 0 Å². The van der Waals surface area contributed by atoms with E-state index in [1.54, 1.807) is 0 Å². The van der Waals surface area contributed by atoms with Gasteiger partial charge in [0, 0.05) is 11.1 Å². The average molecular weight is 267 g/mol. The molecular formula is C17H17NO2. The predicted molar refractivity (Wildman–Crippen MR) is 78.6 cm³/mol. The quantitative estimate of drug-likeness (QED) is 0.840. The van der Waals surface area contributed by atoms with Gasteiger partial charge in [-0.1, -0.05) is 36.4 Å². The van der Waals surface area contributed by atoms with Crippen LogP contribution in [0.3, 0.4) is 0 Å². The maximum absolute atomic E-state index is 11.3. The lowest BCUT2D eigenvalue weighted by Gasteiger charge is -2.28. The molecule has 1 aliphatic carbocycles. The Hall–Kier alpha value is -2.29. The molecule has 0 atom stereocenters. The van der Waals surface area contributed by atoms with Gasteiger partial charge in [-0.25, -0.2) is 0 Å². The number of rotatable bonds is 3. The molecule has 102 valence electrons. The second-order valence-electron chi connectivity index (χ2n) is 5.60. The first kappa shape index (κ1) is 12.7. The molecule has 0 aliphatic heterocycles. The molecule has 0 unspecified atom stereocenters. The number of aliphatic carboxylic acids is 1. The Morgan fingerprint density at radius 2 is 1.60 bits per heavy atom. The van der Waals surface area contributed by atoms with Crippen LogP contribution >= 0.6 is 0 Å². The van der Waals surface area contributed by atoms with E-state index < -0.39 is 5.97 Å². The fourth-order valence-corrected chi connectivity index (χ4v) is 3.25. The molecule has 0 radical (unpaired) electrons. The van der Waals surface area contributed by atoms with Crippen LogP contribution in [0.5, 0.6) is 0 Å². The van der Waals surface area contributed by atoms with Crippen molar-refractivity contribution < 1.29 is 9.90 Å². The SMILES string of the molecule is Nc1ccc(C2(CC(=O)O)Cc3ccccc3C2)cc1. The van der Waals surface area contributed by atoms with E-state index in [1.807, 2.05) is 36.4 Å². The molecule has 0 bridgehead atoms. The highest BCUT2D eigenvalue weighted by Gasteiger charge is 2.40. The topological polar surface area (TPSA) is 63.3 Å². The molecule has 0 saturated carbocycles. The minimum atomic E-state index is -0.755. The molecule has 2 aromatic rings. The molecule has 3 heteroatoms. The molecule has 3 nitrogen and oxygen atoms in total. The van der Waals surface area contributed by atoms with Crippen molar-refractivity contribution in [3.63, 3.8) is 0 Å². The van der Waals surface area contributed by atoms with Crippen LogP contribution in [0.4, 0.5) is 5.69 Å². The fourth-order valence-electron chi connectivity index (χ4n) is 3.25. The van der Waals surface area contributed by atoms with Gasteiger partial charge in [0.2, 0.25) is 0 Å². The lowest BCUT2D eigenvalue weighted by molar-refractivity contribution is -0.138. The van der Waals surface area contributed by atoms with E-state index >= 15 is 0 Å². The molecule has 20 heavy (non-hydrogen) atoms. The van der Waals surface area contributed by atoms with E-state index in [-0.39, 0.29) is 11.8 Å². The first-order valence-corrected chi connectivity index (χ1v) is 6.74. The molecule has 3 N–H and O–H groups in total. The third kappa shape index (κ3) is 2.16. The van der Waals surface area contributed by atoms with E-state index in [9.17, 15) is 9.90 Å². The minimum Gasteiger partial charge on any atom is -0.481 e. The Balaban J connectivity index is 2.04. The van der Waals surface area contributed by atoms with Crippen LogP contribution in [-0.2, 0) is 23.1 Å². The van der Waals surface area contributed by atoms with Crippen LogP contribution in [0.15, 0.2) is 48.5 Å². The molecule has 0 aromatic heterocycles. The highest BCUT2D eigenvalue weighted by atomic mass is 16.4. The van der Waals surface area contributed by atoms with Gasteiger partial charge in [-0.05, 0) is 41.7 Å². The highest BCUT2D eigenvalue weighted by Crippen LogP contribution is 2.42. The Bertz CT molecular complexity index is 621. The number of nitrogen functional groups attached to an aromatic ring is 1. The van der Waals surface area contributed by atoms with Crippen molar-refractivity contribution in [3.8, 4) is 0 Å². The number of carboxylic acids is 1. The first-order chi connectivity index (χ1) is 9.59. The van der Waals surface area contributed by atoms with Gasteiger partial charge in [0.1, 0.15) is 0 Å². The second kappa shape index (κ2) is 4.67. The van der Waals surface area contributed by atoms with Crippen LogP contribution in [-0.4, -0.2) is 11.1 Å². The van der Waals surface area contributed by atoms with Gasteiger partial charge in [-0.15, -0.1) is 0 Å². The molecule has 3 rings (SSSR count). The van der Waals surface area contributed by atoms with E-state index in [4.69, 9.17) is 5.73 Å². The summed E-state index contributed by atoms with van der Waals surface area (Å²) in [6, 6.07) is 15.8. The molecule has 0 fully saturated rings. The number of hydrogen-bond acceptors (Lipinski definition) is 2. The summed E-state index contributed by atoms with van der Waals surface area (Å²) in [6.45, 7) is 0. The summed E-state index contributed by atoms with van der Waals surface area (Å²) >= 11 is 0. The van der Waals surface area contributed by atoms with Crippen molar-refractivity contribution in [1.29, 1.82) is 0 Å². The fraction of sp³-hybridized carbons (Fsp3) is 0.235. The summed E-state index contributed by atoms with van der Waals surface area (Å²) in [5.74, 6) is -0.755. The number of benzene rings is 2. The number of anilines is 1. The standard InChI is InChI=1S/C17H17NO2/c18-15-7-5-14(6-8-15)17(11-16(19)20)9-12-3-1-2-4-13(12)10-17/h1-8H,9-11,18H2,(H,19,20). The zero-order valence-electron chi connectivity index (χ0n) is 11.2. The van der Waals surface area contributed by atoms with Crippen LogP contribution in [0.2, 0.25) is 0 Å². The highest BCUT2D eigenvalue weighted by molar-refractivity contribution is 5.70. The summed E-state index contributed by atoms with van der Waals surface area (Å²) in [5, 5.41) is 9.31. The van der Waals surface area contributed by atoms with Crippen LogP contribution in [0.25, 0.3) is 0 Å². The summed E-state index contributed by atoms with van der Waals surface area (Å²) in [6.07, 6.45) is 1.70. The summed E-state index contributed by atoms with van der Waals surface area (Å²) < 4.78 is 0. The Labute approximate surface area is 118 Å². The predicted octanol–water partition coefficient (Wildman–Crippen LogP) is 2.78. The van der Waals surface area contributed by atoms with Gasteiger partial charge < -0.3 is 10.8 Å². The summed E-state index contributed by atoms with van der Waals surface area (Å²) in [4.78, 5) is 11.3. The molecule has 0 heterocycles. The number of carboxylic acid groups (broad SMARTS) is 1. The van der Waals surface area contributed by atoms with Gasteiger partial charge in [-0.3, -0.25) is 4.79 Å². The van der Waals surface area contributed by atoms with E-state index in [1.165, 1.54) is 11.1 Å². The summed E-state index contributed by atoms with van der Waals surface area (Å²) in [5.41, 5.74) is 9.67. The minimum absolute atomic E-state index is 0.144. The molecule has 0 spiro atoms. The Kier molecular flexibility index (Phi) is 2.97. The third-order valence-corrected chi connectivity index (χ3v) is 4.19.